The molecule has 2 aromatic rings. The Kier molecular flexibility index (Phi) is 6.57. The van der Waals surface area contributed by atoms with Gasteiger partial charge in [0.25, 0.3) is 0 Å². The number of anilines is 1. The van der Waals surface area contributed by atoms with Gasteiger partial charge >= 0.3 is 5.97 Å². The lowest BCUT2D eigenvalue weighted by Crippen LogP contribution is -2.45. The molecule has 3 N–H and O–H groups in total. The Morgan fingerprint density at radius 1 is 1.05 bits per heavy atom. The van der Waals surface area contributed by atoms with Crippen LogP contribution in [0.15, 0.2) is 23.5 Å². The number of aliphatic hydroxyl groups is 1. The molecule has 1 aromatic heterocycles. The average Bonchev–Trinajstić information content (AvgIpc) is 3.87. The topological polar surface area (TPSA) is 116 Å². The van der Waals surface area contributed by atoms with Crippen LogP contribution in [0.3, 0.4) is 0 Å². The molecule has 3 heterocycles. The van der Waals surface area contributed by atoms with Gasteiger partial charge in [-0.3, -0.25) is 0 Å². The number of ether oxygens (including phenoxy) is 2. The van der Waals surface area contributed by atoms with Gasteiger partial charge in [0, 0.05) is 35.2 Å². The number of thiazole rings is 1. The maximum absolute atomic E-state index is 11.6. The number of nitrogens with zero attached hydrogens (tertiary/aromatic N) is 2. The van der Waals surface area contributed by atoms with Crippen molar-refractivity contribution in [3.8, 4) is 5.75 Å². The van der Waals surface area contributed by atoms with Crippen LogP contribution in [-0.4, -0.2) is 58.8 Å². The van der Waals surface area contributed by atoms with Crippen LogP contribution in [0, 0.1) is 22.7 Å². The summed E-state index contributed by atoms with van der Waals surface area (Å²) in [5.74, 6) is 0.402. The van der Waals surface area contributed by atoms with Gasteiger partial charge in [-0.05, 0) is 94.6 Å². The summed E-state index contributed by atoms with van der Waals surface area (Å²) in [6, 6.07) is 3.85. The van der Waals surface area contributed by atoms with E-state index in [-0.39, 0.29) is 23.5 Å². The van der Waals surface area contributed by atoms with Crippen LogP contribution in [0.2, 0.25) is 0 Å². The molecule has 5 fully saturated rings. The minimum absolute atomic E-state index is 0.0900. The number of aromatic carboxylic acids is 1. The van der Waals surface area contributed by atoms with Gasteiger partial charge in [0.05, 0.1) is 30.1 Å². The number of methoxy groups -OCH3 is 1. The summed E-state index contributed by atoms with van der Waals surface area (Å²) in [5.41, 5.74) is 2.91. The molecule has 9 heteroatoms. The maximum atomic E-state index is 11.6. The molecule has 0 amide bonds. The van der Waals surface area contributed by atoms with Crippen molar-refractivity contribution in [2.24, 2.45) is 17.3 Å². The second-order valence-electron chi connectivity index (χ2n) is 12.8. The Balaban J connectivity index is 1.04. The van der Waals surface area contributed by atoms with E-state index in [4.69, 9.17) is 19.9 Å². The lowest BCUT2D eigenvalue weighted by molar-refractivity contribution is 0.0407. The Bertz CT molecular complexity index is 1350. The highest BCUT2D eigenvalue weighted by Gasteiger charge is 2.46. The highest BCUT2D eigenvalue weighted by molar-refractivity contribution is 7.22. The highest BCUT2D eigenvalue weighted by Crippen LogP contribution is 2.57. The Hall–Kier alpha value is -2.65. The highest BCUT2D eigenvalue weighted by atomic mass is 32.1. The van der Waals surface area contributed by atoms with Crippen molar-refractivity contribution < 1.29 is 24.5 Å². The molecule has 2 bridgehead atoms. The van der Waals surface area contributed by atoms with Crippen LogP contribution in [0.4, 0.5) is 5.13 Å². The van der Waals surface area contributed by atoms with Crippen LogP contribution in [-0.2, 0) is 4.74 Å². The van der Waals surface area contributed by atoms with Crippen LogP contribution >= 0.6 is 11.3 Å². The largest absolute Gasteiger partial charge is 0.512 e. The zero-order chi connectivity index (χ0) is 27.6. The number of carbonyl (C=O) groups is 1. The number of benzene rings is 1. The Morgan fingerprint density at radius 3 is 2.35 bits per heavy atom. The standard InChI is InChI=1S/C31H39N3O5S/c1-38-24-12-19(29(36)37)13-25-27(24)33-30(40-25)34-20-4-5-21(34)15-22(14-20)39-16-23(28(35)18-2-3-18)26(32)17-6-8-31(9-7-17)10-11-31/h12-13,17-18,20-22,32,35H,2-11,14-16H2,1H3,(H,36,37)/b28-23-,32-26?/t20-,21?,22?/m0/s1. The molecule has 3 aliphatic carbocycles. The minimum Gasteiger partial charge on any atom is -0.512 e. The molecule has 40 heavy (non-hydrogen) atoms. The van der Waals surface area contributed by atoms with Crippen LogP contribution < -0.4 is 9.64 Å². The monoisotopic (exact) mass is 565 g/mol. The summed E-state index contributed by atoms with van der Waals surface area (Å²) in [6.45, 7) is 0.337. The van der Waals surface area contributed by atoms with E-state index < -0.39 is 5.97 Å². The normalized spacial score (nSPS) is 28.1. The second kappa shape index (κ2) is 10.0. The van der Waals surface area contributed by atoms with Gasteiger partial charge in [0.15, 0.2) is 5.13 Å². The van der Waals surface area contributed by atoms with E-state index in [0.717, 1.165) is 66.8 Å². The number of rotatable bonds is 9. The van der Waals surface area contributed by atoms with Gasteiger partial charge in [-0.1, -0.05) is 11.3 Å². The summed E-state index contributed by atoms with van der Waals surface area (Å²) < 4.78 is 12.8. The van der Waals surface area contributed by atoms with Crippen molar-refractivity contribution in [2.75, 3.05) is 18.6 Å². The molecule has 1 spiro atoms. The summed E-state index contributed by atoms with van der Waals surface area (Å²) in [7, 11) is 1.55. The first-order chi connectivity index (χ1) is 19.3. The number of allylic oxidation sites excluding steroid dienone is 1. The van der Waals surface area contributed by atoms with Crippen LogP contribution in [0.25, 0.3) is 10.2 Å². The SMILES string of the molecule is COc1cc(C(=O)O)cc2sc(N3C4CC[C@H]3CC(OC/C(C(=N)C3CCC5(CC3)CC5)=C(/O)C3CC3)C4)nc12. The van der Waals surface area contributed by atoms with E-state index in [0.29, 0.717) is 46.8 Å². The molecule has 2 saturated heterocycles. The Morgan fingerprint density at radius 2 is 1.75 bits per heavy atom. The lowest BCUT2D eigenvalue weighted by Gasteiger charge is -2.39. The number of hydrogen-bond acceptors (Lipinski definition) is 8. The van der Waals surface area contributed by atoms with Gasteiger partial charge in [0.1, 0.15) is 17.0 Å². The summed E-state index contributed by atoms with van der Waals surface area (Å²) in [5, 5.41) is 30.5. The molecular formula is C31H39N3O5S. The minimum atomic E-state index is -0.974. The van der Waals surface area contributed by atoms with E-state index in [2.05, 4.69) is 4.90 Å². The molecule has 214 valence electrons. The molecule has 2 unspecified atom stereocenters. The third-order valence-corrected chi connectivity index (χ3v) is 11.3. The summed E-state index contributed by atoms with van der Waals surface area (Å²) in [6.07, 6.45) is 13.4. The number of aliphatic hydroxyl groups excluding tert-OH is 1. The fourth-order valence-electron chi connectivity index (χ4n) is 7.49. The van der Waals surface area contributed by atoms with Crippen molar-refractivity contribution >= 4 is 38.4 Å². The quantitative estimate of drug-likeness (QED) is 0.228. The van der Waals surface area contributed by atoms with E-state index in [1.54, 1.807) is 19.2 Å². The number of nitrogens with one attached hydrogen (secondary N) is 1. The molecule has 5 aliphatic rings. The number of fused-ring (bicyclic) bond motifs is 3. The van der Waals surface area contributed by atoms with Crippen LogP contribution in [0.5, 0.6) is 5.75 Å². The van der Waals surface area contributed by atoms with Crippen molar-refractivity contribution in [3.63, 3.8) is 0 Å². The van der Waals surface area contributed by atoms with Crippen molar-refractivity contribution in [1.82, 2.24) is 4.98 Å². The Labute approximate surface area is 238 Å². The smallest absolute Gasteiger partial charge is 0.335 e. The van der Waals surface area contributed by atoms with E-state index in [1.807, 2.05) is 0 Å². The zero-order valence-electron chi connectivity index (χ0n) is 23.2. The number of piperidine rings is 1. The lowest BCUT2D eigenvalue weighted by atomic mass is 9.76. The van der Waals surface area contributed by atoms with Crippen molar-refractivity contribution in [3.05, 3.63) is 29.0 Å². The van der Waals surface area contributed by atoms with Crippen molar-refractivity contribution in [1.29, 1.82) is 5.41 Å². The van der Waals surface area contributed by atoms with Crippen LogP contribution in [0.1, 0.15) is 87.4 Å². The first-order valence-electron chi connectivity index (χ1n) is 15.0. The fourth-order valence-corrected chi connectivity index (χ4v) is 8.65. The zero-order valence-corrected chi connectivity index (χ0v) is 24.0. The number of carboxylic acid groups (broad SMARTS) is 1. The van der Waals surface area contributed by atoms with Gasteiger partial charge < -0.3 is 30.0 Å². The fraction of sp³-hybridized carbons (Fsp3) is 0.645. The first kappa shape index (κ1) is 26.3. The number of hydrogen-bond donors (Lipinski definition) is 3. The van der Waals surface area contributed by atoms with E-state index >= 15 is 0 Å². The first-order valence-corrected chi connectivity index (χ1v) is 15.8. The third-order valence-electron chi connectivity index (χ3n) is 10.3. The number of aromatic nitrogens is 1. The second-order valence-corrected chi connectivity index (χ2v) is 13.9. The molecule has 3 atom stereocenters. The van der Waals surface area contributed by atoms with Gasteiger partial charge in [0.2, 0.25) is 0 Å². The predicted molar refractivity (Wildman–Crippen MR) is 155 cm³/mol. The molecule has 1 aromatic carbocycles. The van der Waals surface area contributed by atoms with Gasteiger partial charge in [-0.2, -0.15) is 0 Å². The molecule has 0 radical (unpaired) electrons. The summed E-state index contributed by atoms with van der Waals surface area (Å²) >= 11 is 1.53. The summed E-state index contributed by atoms with van der Waals surface area (Å²) in [4.78, 5) is 18.9. The predicted octanol–water partition coefficient (Wildman–Crippen LogP) is 6.73. The average molecular weight is 566 g/mol. The molecule has 3 saturated carbocycles. The maximum Gasteiger partial charge on any atom is 0.335 e. The molecule has 7 rings (SSSR count). The number of carboxylic acids is 1. The van der Waals surface area contributed by atoms with E-state index in [1.165, 1.54) is 37.0 Å². The third kappa shape index (κ3) is 4.79. The molecule has 2 aliphatic heterocycles. The van der Waals surface area contributed by atoms with E-state index in [9.17, 15) is 15.0 Å². The molecular weight excluding hydrogens is 526 g/mol. The van der Waals surface area contributed by atoms with Gasteiger partial charge in [-0.15, -0.1) is 0 Å². The van der Waals surface area contributed by atoms with Crippen molar-refractivity contribution in [2.45, 2.75) is 95.2 Å². The van der Waals surface area contributed by atoms with Gasteiger partial charge in [-0.25, -0.2) is 9.78 Å². The molecule has 8 nitrogen and oxygen atoms in total.